The second kappa shape index (κ2) is 8.05. The lowest BCUT2D eigenvalue weighted by atomic mass is 9.56. The topological polar surface area (TPSA) is 79.5 Å². The lowest BCUT2D eigenvalue weighted by molar-refractivity contribution is -0.132. The number of amides is 2. The maximum Gasteiger partial charge on any atom is 0.308 e. The second-order valence-electron chi connectivity index (χ2n) is 11.7. The van der Waals surface area contributed by atoms with E-state index in [1.54, 1.807) is 24.3 Å². The number of carbonyl (C=O) groups excluding carboxylic acids is 3. The molecule has 2 aromatic carbocycles. The van der Waals surface area contributed by atoms with E-state index in [-0.39, 0.29) is 35.0 Å². The van der Waals surface area contributed by atoms with Crippen LogP contribution in [0, 0.1) is 23.2 Å². The van der Waals surface area contributed by atoms with Crippen LogP contribution in [0.3, 0.4) is 0 Å². The molecule has 6 heteroatoms. The molecule has 6 nitrogen and oxygen atoms in total. The van der Waals surface area contributed by atoms with Gasteiger partial charge in [0.25, 0.3) is 0 Å². The van der Waals surface area contributed by atoms with Gasteiger partial charge in [0.05, 0.1) is 17.5 Å². The maximum atomic E-state index is 14.1. The van der Waals surface area contributed by atoms with Crippen molar-refractivity contribution in [2.75, 3.05) is 4.90 Å². The Bertz CT molecular complexity index is 1380. The highest BCUT2D eigenvalue weighted by molar-refractivity contribution is 6.24. The van der Waals surface area contributed by atoms with E-state index in [9.17, 15) is 14.4 Å². The van der Waals surface area contributed by atoms with Crippen molar-refractivity contribution in [2.24, 2.45) is 23.2 Å². The number of benzene rings is 2. The SMILES string of the molecule is CC(=O)Oc1ccc(N2C(=O)[C@H]3[C@H]4C[C@@H](C(C)(C)C)CC[C@H]4c4c([nH]c5ccccc45)[C@@H]3C2=O)cc1. The van der Waals surface area contributed by atoms with Crippen molar-refractivity contribution >= 4 is 34.4 Å². The van der Waals surface area contributed by atoms with Gasteiger partial charge in [0.1, 0.15) is 5.75 Å². The molecular weight excluding hydrogens is 452 g/mol. The summed E-state index contributed by atoms with van der Waals surface area (Å²) in [5, 5.41) is 1.18. The van der Waals surface area contributed by atoms with Crippen molar-refractivity contribution in [3.8, 4) is 5.75 Å². The van der Waals surface area contributed by atoms with Gasteiger partial charge in [0.15, 0.2) is 0 Å². The van der Waals surface area contributed by atoms with Gasteiger partial charge >= 0.3 is 5.97 Å². The maximum absolute atomic E-state index is 14.1. The first kappa shape index (κ1) is 23.0. The van der Waals surface area contributed by atoms with Crippen LogP contribution in [-0.4, -0.2) is 22.8 Å². The predicted octanol–water partition coefficient (Wildman–Crippen LogP) is 5.93. The van der Waals surface area contributed by atoms with Gasteiger partial charge in [-0.2, -0.15) is 0 Å². The van der Waals surface area contributed by atoms with Gasteiger partial charge in [-0.15, -0.1) is 0 Å². The zero-order valence-corrected chi connectivity index (χ0v) is 21.2. The molecule has 2 amide bonds. The third-order valence-corrected chi connectivity index (χ3v) is 8.75. The molecule has 1 saturated heterocycles. The fourth-order valence-corrected chi connectivity index (χ4v) is 7.09. The van der Waals surface area contributed by atoms with Crippen LogP contribution < -0.4 is 9.64 Å². The molecule has 6 rings (SSSR count). The van der Waals surface area contributed by atoms with Crippen LogP contribution in [-0.2, 0) is 14.4 Å². The largest absolute Gasteiger partial charge is 0.427 e. The van der Waals surface area contributed by atoms with Gasteiger partial charge in [-0.1, -0.05) is 39.0 Å². The van der Waals surface area contributed by atoms with Crippen LogP contribution in [0.2, 0.25) is 0 Å². The van der Waals surface area contributed by atoms with E-state index >= 15 is 0 Å². The molecule has 3 aliphatic rings. The predicted molar refractivity (Wildman–Crippen MR) is 138 cm³/mol. The van der Waals surface area contributed by atoms with E-state index in [4.69, 9.17) is 4.74 Å². The Labute approximate surface area is 211 Å². The van der Waals surface area contributed by atoms with Gasteiger partial charge in [0, 0.05) is 23.5 Å². The van der Waals surface area contributed by atoms with Crippen LogP contribution in [0.4, 0.5) is 5.69 Å². The van der Waals surface area contributed by atoms with Gasteiger partial charge in [-0.25, -0.2) is 4.90 Å². The molecule has 1 aliphatic heterocycles. The van der Waals surface area contributed by atoms with Crippen LogP contribution in [0.5, 0.6) is 5.75 Å². The molecule has 186 valence electrons. The van der Waals surface area contributed by atoms with Crippen molar-refractivity contribution in [3.63, 3.8) is 0 Å². The molecule has 0 radical (unpaired) electrons. The highest BCUT2D eigenvalue weighted by atomic mass is 16.5. The van der Waals surface area contributed by atoms with Crippen molar-refractivity contribution in [2.45, 2.75) is 58.8 Å². The summed E-state index contributed by atoms with van der Waals surface area (Å²) in [6, 6.07) is 14.9. The third-order valence-electron chi connectivity index (χ3n) is 8.75. The Balaban J connectivity index is 1.46. The average Bonchev–Trinajstić information content (AvgIpc) is 3.34. The van der Waals surface area contributed by atoms with E-state index in [2.05, 4.69) is 44.0 Å². The number of imide groups is 1. The Hall–Kier alpha value is -3.41. The summed E-state index contributed by atoms with van der Waals surface area (Å²) in [4.78, 5) is 44.3. The minimum absolute atomic E-state index is 0.112. The number of esters is 1. The molecule has 2 heterocycles. The van der Waals surface area contributed by atoms with Crippen molar-refractivity contribution < 1.29 is 19.1 Å². The first-order valence-electron chi connectivity index (χ1n) is 12.9. The molecular formula is C30H32N2O4. The van der Waals surface area contributed by atoms with Gasteiger partial charge in [-0.05, 0) is 78.3 Å². The first-order chi connectivity index (χ1) is 17.1. The molecule has 2 fully saturated rings. The Morgan fingerprint density at radius 2 is 1.72 bits per heavy atom. The van der Waals surface area contributed by atoms with Crippen molar-refractivity contribution in [1.29, 1.82) is 0 Å². The summed E-state index contributed by atoms with van der Waals surface area (Å²) in [6.45, 7) is 8.20. The number of fused-ring (bicyclic) bond motifs is 8. The number of nitrogens with one attached hydrogen (secondary N) is 1. The Kier molecular flexibility index (Phi) is 5.15. The van der Waals surface area contributed by atoms with Crippen molar-refractivity contribution in [1.82, 2.24) is 4.98 Å². The lowest BCUT2D eigenvalue weighted by Crippen LogP contribution is -2.41. The molecule has 36 heavy (non-hydrogen) atoms. The van der Waals surface area contributed by atoms with Gasteiger partial charge < -0.3 is 9.72 Å². The molecule has 0 unspecified atom stereocenters. The van der Waals surface area contributed by atoms with E-state index in [0.29, 0.717) is 17.4 Å². The zero-order valence-electron chi connectivity index (χ0n) is 21.2. The van der Waals surface area contributed by atoms with E-state index in [1.807, 2.05) is 6.07 Å². The summed E-state index contributed by atoms with van der Waals surface area (Å²) in [6.07, 6.45) is 3.11. The fourth-order valence-electron chi connectivity index (χ4n) is 7.09. The van der Waals surface area contributed by atoms with E-state index in [1.165, 1.54) is 22.8 Å². The molecule has 0 bridgehead atoms. The first-order valence-corrected chi connectivity index (χ1v) is 12.9. The summed E-state index contributed by atoms with van der Waals surface area (Å²) in [5.74, 6) is -0.291. The molecule has 0 spiro atoms. The lowest BCUT2D eigenvalue weighted by Gasteiger charge is -2.47. The molecule has 2 aliphatic carbocycles. The number of H-pyrrole nitrogens is 1. The average molecular weight is 485 g/mol. The fraction of sp³-hybridized carbons (Fsp3) is 0.433. The van der Waals surface area contributed by atoms with Gasteiger partial charge in [-0.3, -0.25) is 14.4 Å². The molecule has 1 aromatic heterocycles. The third kappa shape index (κ3) is 3.41. The van der Waals surface area contributed by atoms with Crippen LogP contribution in [0.1, 0.15) is 70.1 Å². The highest BCUT2D eigenvalue weighted by Crippen LogP contribution is 2.60. The number of anilines is 1. The summed E-state index contributed by atoms with van der Waals surface area (Å²) in [7, 11) is 0. The van der Waals surface area contributed by atoms with Gasteiger partial charge in [0.2, 0.25) is 11.8 Å². The van der Waals surface area contributed by atoms with E-state index in [0.717, 1.165) is 30.5 Å². The number of para-hydroxylation sites is 1. The number of aromatic amines is 1. The number of aromatic nitrogens is 1. The number of hydrogen-bond donors (Lipinski definition) is 1. The minimum atomic E-state index is -0.506. The number of carbonyl (C=O) groups is 3. The number of rotatable bonds is 2. The monoisotopic (exact) mass is 484 g/mol. The molecule has 1 N–H and O–H groups in total. The van der Waals surface area contributed by atoms with E-state index < -0.39 is 11.9 Å². The zero-order chi connectivity index (χ0) is 25.4. The highest BCUT2D eigenvalue weighted by Gasteiger charge is 2.59. The number of nitrogens with zero attached hydrogens (tertiary/aromatic N) is 1. The summed E-state index contributed by atoms with van der Waals surface area (Å²) < 4.78 is 5.14. The second-order valence-corrected chi connectivity index (χ2v) is 11.7. The molecule has 5 atom stereocenters. The van der Waals surface area contributed by atoms with Crippen LogP contribution in [0.15, 0.2) is 48.5 Å². The van der Waals surface area contributed by atoms with Crippen LogP contribution in [0.25, 0.3) is 10.9 Å². The number of hydrogen-bond acceptors (Lipinski definition) is 4. The Morgan fingerprint density at radius 3 is 2.42 bits per heavy atom. The summed E-state index contributed by atoms with van der Waals surface area (Å²) >= 11 is 0. The Morgan fingerprint density at radius 1 is 1.00 bits per heavy atom. The van der Waals surface area contributed by atoms with Crippen LogP contribution >= 0.6 is 0 Å². The summed E-state index contributed by atoms with van der Waals surface area (Å²) in [5.41, 5.74) is 3.88. The normalized spacial score (nSPS) is 27.6. The standard InChI is InChI=1S/C30H32N2O4/c1-16(33)36-19-12-10-18(11-13-19)32-28(34)25-22-15-17(30(2,3)4)9-14-20(22)24-21-7-5-6-8-23(21)31-27(24)26(25)29(32)35/h5-8,10-13,17,20,22,25-26,31H,9,14-15H2,1-4H3/t17-,20+,22-,25-,26+/m0/s1. The minimum Gasteiger partial charge on any atom is -0.427 e. The smallest absolute Gasteiger partial charge is 0.308 e. The molecule has 3 aromatic rings. The van der Waals surface area contributed by atoms with Crippen molar-refractivity contribution in [3.05, 3.63) is 59.8 Å². The quantitative estimate of drug-likeness (QED) is 0.278. The molecule has 1 saturated carbocycles. The number of ether oxygens (including phenoxy) is 1.